The standard InChI is InChI=1S/C33H43N3O8S/c1-20-15-22(17-37)9-11-23(20)16-34-29(39)28-33(2,3)45-19-36(28)30(40)27(38)25(12-10-21-7-5-4-6-8-21)35-32(41)44-26-18-43-31-24(26)13-14-42-31/h4-9,11,15,24-28,31,37-38H,10,12-14,16-19H2,1-3H3,(H,34,39)(H,35,41)/t24-,25-,26-,27-,28+,31+/m0/s1. The van der Waals surface area contributed by atoms with Gasteiger partial charge in [0.2, 0.25) is 5.91 Å². The number of aryl methyl sites for hydroxylation is 2. The van der Waals surface area contributed by atoms with Crippen molar-refractivity contribution in [3.05, 3.63) is 70.8 Å². The molecule has 3 amide bonds. The average Bonchev–Trinajstić information content (AvgIpc) is 3.73. The van der Waals surface area contributed by atoms with Gasteiger partial charge >= 0.3 is 6.09 Å². The van der Waals surface area contributed by atoms with Crippen LogP contribution >= 0.6 is 11.8 Å². The smallest absolute Gasteiger partial charge is 0.407 e. The summed E-state index contributed by atoms with van der Waals surface area (Å²) in [6, 6.07) is 13.3. The van der Waals surface area contributed by atoms with Crippen molar-refractivity contribution in [2.24, 2.45) is 5.92 Å². The first kappa shape index (κ1) is 33.2. The van der Waals surface area contributed by atoms with E-state index in [0.29, 0.717) is 13.0 Å². The van der Waals surface area contributed by atoms with E-state index >= 15 is 0 Å². The zero-order valence-corrected chi connectivity index (χ0v) is 26.8. The van der Waals surface area contributed by atoms with Crippen molar-refractivity contribution >= 4 is 29.7 Å². The first-order chi connectivity index (χ1) is 21.6. The number of fused-ring (bicyclic) bond motifs is 1. The fraction of sp³-hybridized carbons (Fsp3) is 0.545. The van der Waals surface area contributed by atoms with E-state index in [1.54, 1.807) is 0 Å². The summed E-state index contributed by atoms with van der Waals surface area (Å²) in [4.78, 5) is 42.0. The molecule has 5 rings (SSSR count). The number of aliphatic hydroxyl groups is 2. The molecule has 0 aliphatic carbocycles. The highest BCUT2D eigenvalue weighted by atomic mass is 32.2. The molecule has 3 aliphatic rings. The number of amides is 3. The Kier molecular flexibility index (Phi) is 10.7. The lowest BCUT2D eigenvalue weighted by Crippen LogP contribution is -2.58. The predicted molar refractivity (Wildman–Crippen MR) is 168 cm³/mol. The fourth-order valence-corrected chi connectivity index (χ4v) is 7.37. The zero-order valence-electron chi connectivity index (χ0n) is 25.9. The predicted octanol–water partition coefficient (Wildman–Crippen LogP) is 2.63. The van der Waals surface area contributed by atoms with Crippen LogP contribution in [0.3, 0.4) is 0 Å². The van der Waals surface area contributed by atoms with Gasteiger partial charge in [-0.05, 0) is 62.3 Å². The summed E-state index contributed by atoms with van der Waals surface area (Å²) in [5.41, 5.74) is 3.61. The maximum atomic E-state index is 13.9. The van der Waals surface area contributed by atoms with Gasteiger partial charge in [-0.15, -0.1) is 11.8 Å². The monoisotopic (exact) mass is 641 g/mol. The van der Waals surface area contributed by atoms with Crippen LogP contribution in [-0.2, 0) is 43.4 Å². The molecule has 3 aliphatic heterocycles. The number of nitrogens with zero attached hydrogens (tertiary/aromatic N) is 1. The van der Waals surface area contributed by atoms with Gasteiger partial charge in [-0.3, -0.25) is 9.59 Å². The molecule has 244 valence electrons. The Morgan fingerprint density at radius 3 is 2.64 bits per heavy atom. The minimum Gasteiger partial charge on any atom is -0.443 e. The van der Waals surface area contributed by atoms with Crippen LogP contribution in [0.1, 0.15) is 48.9 Å². The van der Waals surface area contributed by atoms with Gasteiger partial charge in [0.05, 0.1) is 37.7 Å². The Morgan fingerprint density at radius 2 is 1.91 bits per heavy atom. The Labute approximate surface area is 268 Å². The average molecular weight is 642 g/mol. The largest absolute Gasteiger partial charge is 0.443 e. The number of hydrogen-bond acceptors (Lipinski definition) is 9. The van der Waals surface area contributed by atoms with E-state index in [4.69, 9.17) is 14.2 Å². The summed E-state index contributed by atoms with van der Waals surface area (Å²) >= 11 is 1.45. The molecule has 0 unspecified atom stereocenters. The quantitative estimate of drug-likeness (QED) is 0.291. The van der Waals surface area contributed by atoms with Crippen LogP contribution in [0.5, 0.6) is 0 Å². The van der Waals surface area contributed by atoms with E-state index in [1.807, 2.05) is 69.3 Å². The number of thioether (sulfide) groups is 1. The van der Waals surface area contributed by atoms with Crippen LogP contribution in [-0.4, -0.2) is 87.4 Å². The lowest BCUT2D eigenvalue weighted by molar-refractivity contribution is -0.147. The molecule has 0 saturated carbocycles. The summed E-state index contributed by atoms with van der Waals surface area (Å²) in [5.74, 6) is -0.809. The Morgan fingerprint density at radius 1 is 1.13 bits per heavy atom. The van der Waals surface area contributed by atoms with E-state index in [9.17, 15) is 24.6 Å². The molecule has 12 heteroatoms. The molecule has 4 N–H and O–H groups in total. The van der Waals surface area contributed by atoms with Crippen molar-refractivity contribution in [3.63, 3.8) is 0 Å². The number of carbonyl (C=O) groups excluding carboxylic acids is 3. The van der Waals surface area contributed by atoms with Gasteiger partial charge in [0.25, 0.3) is 5.91 Å². The van der Waals surface area contributed by atoms with Gasteiger partial charge in [0.1, 0.15) is 12.1 Å². The van der Waals surface area contributed by atoms with Crippen molar-refractivity contribution < 1.29 is 38.8 Å². The molecule has 0 aromatic heterocycles. The summed E-state index contributed by atoms with van der Waals surface area (Å²) in [6.45, 7) is 6.66. The molecule has 0 spiro atoms. The number of alkyl carbamates (subject to hydrolysis) is 1. The van der Waals surface area contributed by atoms with Crippen LogP contribution in [0, 0.1) is 12.8 Å². The summed E-state index contributed by atoms with van der Waals surface area (Å²) < 4.78 is 16.2. The van der Waals surface area contributed by atoms with E-state index in [-0.39, 0.29) is 50.2 Å². The number of ether oxygens (including phenoxy) is 3. The van der Waals surface area contributed by atoms with Crippen LogP contribution in [0.25, 0.3) is 0 Å². The van der Waals surface area contributed by atoms with Gasteiger partial charge in [-0.1, -0.05) is 48.5 Å². The number of hydrogen-bond donors (Lipinski definition) is 4. The molecule has 3 fully saturated rings. The third kappa shape index (κ3) is 7.81. The molecular weight excluding hydrogens is 598 g/mol. The second kappa shape index (κ2) is 14.5. The second-order valence-electron chi connectivity index (χ2n) is 12.4. The SMILES string of the molecule is Cc1cc(CO)ccc1CNC(=O)[C@H]1N(C(=O)[C@@H](O)[C@H](CCc2ccccc2)NC(=O)O[C@H]2CO[C@H]3OCC[C@H]32)CSC1(C)C. The highest BCUT2D eigenvalue weighted by Gasteiger charge is 2.50. The maximum Gasteiger partial charge on any atom is 0.407 e. The molecule has 6 atom stereocenters. The first-order valence-electron chi connectivity index (χ1n) is 15.4. The number of nitrogens with one attached hydrogen (secondary N) is 2. The highest BCUT2D eigenvalue weighted by molar-refractivity contribution is 8.00. The van der Waals surface area contributed by atoms with Crippen LogP contribution in [0.2, 0.25) is 0 Å². The Bertz CT molecular complexity index is 1360. The van der Waals surface area contributed by atoms with Crippen molar-refractivity contribution in [2.75, 3.05) is 19.1 Å². The van der Waals surface area contributed by atoms with Crippen LogP contribution in [0.15, 0.2) is 48.5 Å². The molecule has 45 heavy (non-hydrogen) atoms. The highest BCUT2D eigenvalue weighted by Crippen LogP contribution is 2.40. The van der Waals surface area contributed by atoms with Crippen LogP contribution in [0.4, 0.5) is 4.79 Å². The third-order valence-electron chi connectivity index (χ3n) is 8.89. The van der Waals surface area contributed by atoms with Crippen molar-refractivity contribution in [2.45, 2.75) is 88.5 Å². The number of carbonyl (C=O) groups is 3. The van der Waals surface area contributed by atoms with Gasteiger partial charge in [0.15, 0.2) is 12.4 Å². The molecule has 2 aromatic carbocycles. The number of benzene rings is 2. The van der Waals surface area contributed by atoms with E-state index in [0.717, 1.165) is 28.7 Å². The maximum absolute atomic E-state index is 13.9. The third-order valence-corrected chi connectivity index (χ3v) is 10.3. The topological polar surface area (TPSA) is 147 Å². The lowest BCUT2D eigenvalue weighted by atomic mass is 9.97. The van der Waals surface area contributed by atoms with Gasteiger partial charge in [-0.25, -0.2) is 4.79 Å². The normalized spacial score (nSPS) is 25.0. The molecular formula is C33H43N3O8S. The van der Waals surface area contributed by atoms with Gasteiger partial charge in [-0.2, -0.15) is 0 Å². The van der Waals surface area contributed by atoms with E-state index < -0.39 is 41.0 Å². The first-order valence-corrected chi connectivity index (χ1v) is 16.4. The molecule has 0 radical (unpaired) electrons. The zero-order chi connectivity index (χ0) is 32.1. The van der Waals surface area contributed by atoms with Gasteiger partial charge in [0, 0.05) is 11.3 Å². The van der Waals surface area contributed by atoms with E-state index in [1.165, 1.54) is 16.7 Å². The van der Waals surface area contributed by atoms with Crippen molar-refractivity contribution in [1.82, 2.24) is 15.5 Å². The fourth-order valence-electron chi connectivity index (χ4n) is 6.23. The van der Waals surface area contributed by atoms with Crippen LogP contribution < -0.4 is 10.6 Å². The minimum atomic E-state index is -1.61. The molecule has 11 nitrogen and oxygen atoms in total. The Hall–Kier alpha value is -3.16. The van der Waals surface area contributed by atoms with Crippen molar-refractivity contribution in [3.8, 4) is 0 Å². The van der Waals surface area contributed by atoms with Crippen molar-refractivity contribution in [1.29, 1.82) is 0 Å². The summed E-state index contributed by atoms with van der Waals surface area (Å²) in [7, 11) is 0. The van der Waals surface area contributed by atoms with Gasteiger partial charge < -0.3 is 40.0 Å². The molecule has 3 saturated heterocycles. The molecule has 3 heterocycles. The second-order valence-corrected chi connectivity index (χ2v) is 14.0. The summed E-state index contributed by atoms with van der Waals surface area (Å²) in [5, 5.41) is 26.6. The Balaban J connectivity index is 1.27. The number of rotatable bonds is 11. The molecule has 0 bridgehead atoms. The molecule has 2 aromatic rings. The number of aliphatic hydroxyl groups excluding tert-OH is 2. The summed E-state index contributed by atoms with van der Waals surface area (Å²) in [6.07, 6.45) is -1.72. The lowest BCUT2D eigenvalue weighted by Gasteiger charge is -2.33. The van der Waals surface area contributed by atoms with E-state index in [2.05, 4.69) is 10.6 Å². The minimum absolute atomic E-state index is 0.0513.